The van der Waals surface area contributed by atoms with Crippen molar-refractivity contribution in [3.05, 3.63) is 66.0 Å². The monoisotopic (exact) mass is 382 g/mol. The highest BCUT2D eigenvalue weighted by Gasteiger charge is 2.07. The first-order valence-corrected chi connectivity index (χ1v) is 9.79. The lowest BCUT2D eigenvalue weighted by Gasteiger charge is -2.11. The van der Waals surface area contributed by atoms with Gasteiger partial charge in [-0.25, -0.2) is 0 Å². The summed E-state index contributed by atoms with van der Waals surface area (Å²) < 4.78 is 12.9. The first-order valence-electron chi connectivity index (χ1n) is 8.81. The van der Waals surface area contributed by atoms with Crippen LogP contribution in [0.1, 0.15) is 25.0 Å². The lowest BCUT2D eigenvalue weighted by molar-refractivity contribution is 0.288. The fourth-order valence-corrected chi connectivity index (χ4v) is 3.21. The summed E-state index contributed by atoms with van der Waals surface area (Å²) in [4.78, 5) is 0. The molecule has 0 atom stereocenters. The van der Waals surface area contributed by atoms with Crippen LogP contribution < -0.4 is 9.47 Å². The second-order valence-electron chi connectivity index (χ2n) is 5.55. The van der Waals surface area contributed by atoms with Crippen LogP contribution in [0.5, 0.6) is 11.5 Å². The number of ether oxygens (including phenoxy) is 2. The predicted molar refractivity (Wildman–Crippen MR) is 108 cm³/mol. The van der Waals surface area contributed by atoms with E-state index in [4.69, 9.17) is 9.47 Å². The summed E-state index contributed by atoms with van der Waals surface area (Å²) >= 11 is 1.59. The van der Waals surface area contributed by atoms with E-state index in [1.807, 2.05) is 50.2 Å². The maximum Gasteiger partial charge on any atom is 0.212 e. The number of nitrogens with zero attached hydrogens (tertiary/aromatic N) is 4. The van der Waals surface area contributed by atoms with Gasteiger partial charge in [0.05, 0.1) is 19.4 Å². The molecule has 0 spiro atoms. The number of aromatic nitrogens is 3. The molecule has 3 aromatic rings. The molecule has 6 nitrogen and oxygen atoms in total. The van der Waals surface area contributed by atoms with Crippen molar-refractivity contribution in [3.8, 4) is 11.5 Å². The summed E-state index contributed by atoms with van der Waals surface area (Å²) in [5.74, 6) is 2.26. The number of hydrogen-bond acceptors (Lipinski definition) is 6. The summed E-state index contributed by atoms with van der Waals surface area (Å²) in [6.45, 7) is 5.07. The maximum atomic E-state index is 5.66. The molecule has 0 aliphatic rings. The van der Waals surface area contributed by atoms with Crippen LogP contribution in [0.15, 0.2) is 65.1 Å². The third kappa shape index (κ3) is 5.34. The van der Waals surface area contributed by atoms with Gasteiger partial charge in [0.25, 0.3) is 0 Å². The van der Waals surface area contributed by atoms with Gasteiger partial charge in [0, 0.05) is 5.75 Å². The van der Waals surface area contributed by atoms with E-state index in [9.17, 15) is 0 Å². The van der Waals surface area contributed by atoms with Crippen LogP contribution >= 0.6 is 11.8 Å². The number of hydrogen-bond donors (Lipinski definition) is 0. The van der Waals surface area contributed by atoms with Gasteiger partial charge >= 0.3 is 0 Å². The molecule has 0 aliphatic heterocycles. The van der Waals surface area contributed by atoms with E-state index >= 15 is 0 Å². The van der Waals surface area contributed by atoms with E-state index < -0.39 is 0 Å². The average Bonchev–Trinajstić information content (AvgIpc) is 3.15. The third-order valence-electron chi connectivity index (χ3n) is 3.61. The second-order valence-corrected chi connectivity index (χ2v) is 6.49. The molecule has 0 saturated carbocycles. The molecule has 0 fully saturated rings. The largest absolute Gasteiger partial charge is 0.490 e. The minimum atomic E-state index is 0.576. The Balaban J connectivity index is 1.71. The lowest BCUT2D eigenvalue weighted by Crippen LogP contribution is -1.99. The van der Waals surface area contributed by atoms with Crippen molar-refractivity contribution >= 4 is 18.0 Å². The molecule has 2 aromatic carbocycles. The van der Waals surface area contributed by atoms with Crippen molar-refractivity contribution in [2.75, 3.05) is 13.2 Å². The third-order valence-corrected chi connectivity index (χ3v) is 4.61. The molecule has 0 unspecified atom stereocenters. The van der Waals surface area contributed by atoms with Crippen molar-refractivity contribution < 1.29 is 9.47 Å². The number of thioether (sulfide) groups is 1. The summed E-state index contributed by atoms with van der Waals surface area (Å²) in [7, 11) is 0. The summed E-state index contributed by atoms with van der Waals surface area (Å²) in [5, 5.41) is 13.3. The Morgan fingerprint density at radius 1 is 1.04 bits per heavy atom. The van der Waals surface area contributed by atoms with Crippen molar-refractivity contribution in [1.82, 2.24) is 14.9 Å². The summed E-state index contributed by atoms with van der Waals surface area (Å²) in [6, 6.07) is 16.0. The standard InChI is InChI=1S/C20H22N4O2S/c1-3-25-18-11-10-17(12-19(18)26-4-2)13-22-24-15-21-23-20(24)27-14-16-8-6-5-7-9-16/h5-13,15H,3-4,14H2,1-2H3/b22-13+. The van der Waals surface area contributed by atoms with E-state index in [1.165, 1.54) is 5.56 Å². The normalized spacial score (nSPS) is 11.0. The molecule has 1 heterocycles. The molecule has 3 rings (SSSR count). The Hall–Kier alpha value is -2.80. The van der Waals surface area contributed by atoms with Crippen molar-refractivity contribution in [2.24, 2.45) is 5.10 Å². The lowest BCUT2D eigenvalue weighted by atomic mass is 10.2. The van der Waals surface area contributed by atoms with Crippen LogP contribution in [0.4, 0.5) is 0 Å². The van der Waals surface area contributed by atoms with Crippen LogP contribution in [-0.2, 0) is 5.75 Å². The predicted octanol–water partition coefficient (Wildman–Crippen LogP) is 4.25. The average molecular weight is 382 g/mol. The summed E-state index contributed by atoms with van der Waals surface area (Å²) in [5.41, 5.74) is 2.14. The second kappa shape index (κ2) is 9.78. The quantitative estimate of drug-likeness (QED) is 0.409. The molecule has 1 aromatic heterocycles. The van der Waals surface area contributed by atoms with Crippen LogP contribution in [0.3, 0.4) is 0 Å². The van der Waals surface area contributed by atoms with Crippen LogP contribution in [0.25, 0.3) is 0 Å². The molecule has 0 N–H and O–H groups in total. The van der Waals surface area contributed by atoms with Gasteiger partial charge in [-0.2, -0.15) is 9.78 Å². The van der Waals surface area contributed by atoms with Crippen molar-refractivity contribution in [2.45, 2.75) is 24.8 Å². The molecule has 7 heteroatoms. The van der Waals surface area contributed by atoms with Gasteiger partial charge in [-0.1, -0.05) is 42.1 Å². The Labute approximate surface area is 163 Å². The molecule has 0 radical (unpaired) electrons. The van der Waals surface area contributed by atoms with Gasteiger partial charge in [-0.15, -0.1) is 10.2 Å². The highest BCUT2D eigenvalue weighted by Crippen LogP contribution is 2.28. The highest BCUT2D eigenvalue weighted by molar-refractivity contribution is 7.98. The molecule has 0 saturated heterocycles. The number of benzene rings is 2. The smallest absolute Gasteiger partial charge is 0.212 e. The molecule has 0 bridgehead atoms. The first-order chi connectivity index (χ1) is 13.3. The minimum Gasteiger partial charge on any atom is -0.490 e. The minimum absolute atomic E-state index is 0.576. The Bertz CT molecular complexity index is 881. The molecule has 140 valence electrons. The Kier molecular flexibility index (Phi) is 6.87. The van der Waals surface area contributed by atoms with E-state index in [0.717, 1.165) is 22.2 Å². The molecule has 0 aliphatic carbocycles. The van der Waals surface area contributed by atoms with E-state index in [-0.39, 0.29) is 0 Å². The maximum absolute atomic E-state index is 5.66. The molecule has 27 heavy (non-hydrogen) atoms. The Morgan fingerprint density at radius 3 is 2.59 bits per heavy atom. The van der Waals surface area contributed by atoms with E-state index in [1.54, 1.807) is 29.0 Å². The number of rotatable bonds is 9. The van der Waals surface area contributed by atoms with Crippen molar-refractivity contribution in [1.29, 1.82) is 0 Å². The van der Waals surface area contributed by atoms with Crippen LogP contribution in [0.2, 0.25) is 0 Å². The first kappa shape index (κ1) is 19.0. The van der Waals surface area contributed by atoms with Crippen molar-refractivity contribution in [3.63, 3.8) is 0 Å². The molecular weight excluding hydrogens is 360 g/mol. The van der Waals surface area contributed by atoms with Gasteiger partial charge < -0.3 is 9.47 Å². The van der Waals surface area contributed by atoms with E-state index in [2.05, 4.69) is 27.4 Å². The van der Waals surface area contributed by atoms with Crippen LogP contribution in [-0.4, -0.2) is 34.3 Å². The molecule has 0 amide bonds. The SMILES string of the molecule is CCOc1ccc(/C=N/n2cnnc2SCc2ccccc2)cc1OCC. The Morgan fingerprint density at radius 2 is 1.81 bits per heavy atom. The van der Waals surface area contributed by atoms with Gasteiger partial charge in [-0.05, 0) is 43.2 Å². The zero-order valence-corrected chi connectivity index (χ0v) is 16.2. The highest BCUT2D eigenvalue weighted by atomic mass is 32.2. The van der Waals surface area contributed by atoms with Gasteiger partial charge in [-0.3, -0.25) is 0 Å². The fourth-order valence-electron chi connectivity index (χ4n) is 2.39. The molecular formula is C20H22N4O2S. The fraction of sp³-hybridized carbons (Fsp3) is 0.250. The zero-order chi connectivity index (χ0) is 18.9. The van der Waals surface area contributed by atoms with Gasteiger partial charge in [0.1, 0.15) is 6.33 Å². The topological polar surface area (TPSA) is 61.5 Å². The summed E-state index contributed by atoms with van der Waals surface area (Å²) in [6.07, 6.45) is 3.36. The van der Waals surface area contributed by atoms with Gasteiger partial charge in [0.15, 0.2) is 11.5 Å². The van der Waals surface area contributed by atoms with E-state index in [0.29, 0.717) is 19.0 Å². The zero-order valence-electron chi connectivity index (χ0n) is 15.4. The van der Waals surface area contributed by atoms with Gasteiger partial charge in [0.2, 0.25) is 5.16 Å². The van der Waals surface area contributed by atoms with Crippen LogP contribution in [0, 0.1) is 0 Å².